The smallest absolute Gasteiger partial charge is 0.237 e. The molecular weight excluding hydrogens is 266 g/mol. The zero-order valence-electron chi connectivity index (χ0n) is 12.7. The van der Waals surface area contributed by atoms with Crippen LogP contribution < -0.4 is 11.1 Å². The Bertz CT molecular complexity index is 631. The van der Waals surface area contributed by atoms with Crippen LogP contribution in [0.25, 0.3) is 10.9 Å². The first kappa shape index (κ1) is 15.5. The molecule has 0 saturated carbocycles. The van der Waals surface area contributed by atoms with E-state index in [4.69, 9.17) is 5.73 Å². The number of rotatable bonds is 5. The summed E-state index contributed by atoms with van der Waals surface area (Å²) in [5, 5.41) is 13.5. The number of H-pyrrole nitrogens is 1. The fourth-order valence-electron chi connectivity index (χ4n) is 2.14. The lowest BCUT2D eigenvalue weighted by Crippen LogP contribution is -2.55. The summed E-state index contributed by atoms with van der Waals surface area (Å²) in [4.78, 5) is 15.3. The summed E-state index contributed by atoms with van der Waals surface area (Å²) in [6, 6.07) is 7.26. The van der Waals surface area contributed by atoms with Crippen molar-refractivity contribution in [2.75, 3.05) is 0 Å². The normalized spacial score (nSPS) is 14.9. The molecule has 0 radical (unpaired) electrons. The Morgan fingerprint density at radius 3 is 2.76 bits per heavy atom. The minimum atomic E-state index is -0.699. The van der Waals surface area contributed by atoms with Gasteiger partial charge in [0, 0.05) is 17.1 Å². The Morgan fingerprint density at radius 2 is 2.10 bits per heavy atom. The molecule has 0 aliphatic rings. The van der Waals surface area contributed by atoms with Crippen LogP contribution in [-0.4, -0.2) is 33.7 Å². The topological polar surface area (TPSA) is 91.1 Å². The maximum absolute atomic E-state index is 12.2. The van der Waals surface area contributed by atoms with E-state index in [0.29, 0.717) is 6.42 Å². The van der Waals surface area contributed by atoms with E-state index in [-0.39, 0.29) is 5.91 Å². The molecule has 0 bridgehead atoms. The molecule has 0 spiro atoms. The number of nitrogens with two attached hydrogens (primary N) is 1. The van der Waals surface area contributed by atoms with Gasteiger partial charge >= 0.3 is 0 Å². The highest BCUT2D eigenvalue weighted by Crippen LogP contribution is 2.19. The Hall–Kier alpha value is -1.85. The van der Waals surface area contributed by atoms with Crippen molar-refractivity contribution < 1.29 is 9.90 Å². The van der Waals surface area contributed by atoms with Gasteiger partial charge < -0.3 is 21.1 Å². The first-order valence-corrected chi connectivity index (χ1v) is 7.12. The quantitative estimate of drug-likeness (QED) is 0.669. The predicted octanol–water partition coefficient (Wildman–Crippen LogP) is 1.31. The van der Waals surface area contributed by atoms with Crippen molar-refractivity contribution in [1.29, 1.82) is 0 Å². The van der Waals surface area contributed by atoms with Gasteiger partial charge in [-0.2, -0.15) is 0 Å². The monoisotopic (exact) mass is 289 g/mol. The summed E-state index contributed by atoms with van der Waals surface area (Å²) >= 11 is 0. The lowest BCUT2D eigenvalue weighted by atomic mass is 9.97. The average molecular weight is 289 g/mol. The third kappa shape index (κ3) is 3.43. The first-order chi connectivity index (χ1) is 9.81. The predicted molar refractivity (Wildman–Crippen MR) is 83.9 cm³/mol. The van der Waals surface area contributed by atoms with E-state index in [1.165, 1.54) is 0 Å². The highest BCUT2D eigenvalue weighted by molar-refractivity contribution is 5.86. The van der Waals surface area contributed by atoms with Crippen molar-refractivity contribution in [3.63, 3.8) is 0 Å². The average Bonchev–Trinajstić information content (AvgIpc) is 2.81. The molecule has 21 heavy (non-hydrogen) atoms. The van der Waals surface area contributed by atoms with Gasteiger partial charge in [-0.15, -0.1) is 0 Å². The summed E-state index contributed by atoms with van der Waals surface area (Å²) in [5.74, 6) is -0.258. The van der Waals surface area contributed by atoms with Crippen LogP contribution in [0.15, 0.2) is 30.5 Å². The first-order valence-electron chi connectivity index (χ1n) is 7.12. The second-order valence-corrected chi connectivity index (χ2v) is 6.06. The van der Waals surface area contributed by atoms with Crippen molar-refractivity contribution >= 4 is 16.8 Å². The Morgan fingerprint density at radius 1 is 1.43 bits per heavy atom. The van der Waals surface area contributed by atoms with E-state index < -0.39 is 17.7 Å². The molecule has 0 fully saturated rings. The van der Waals surface area contributed by atoms with Crippen LogP contribution in [0, 0.1) is 0 Å². The Labute approximate surface area is 124 Å². The molecule has 5 N–H and O–H groups in total. The molecule has 1 aromatic heterocycles. The minimum absolute atomic E-state index is 0.258. The van der Waals surface area contributed by atoms with Crippen molar-refractivity contribution in [2.24, 2.45) is 5.73 Å². The van der Waals surface area contributed by atoms with Crippen molar-refractivity contribution in [3.05, 3.63) is 36.0 Å². The van der Waals surface area contributed by atoms with Crippen LogP contribution in [0.5, 0.6) is 0 Å². The molecule has 1 aromatic carbocycles. The summed E-state index contributed by atoms with van der Waals surface area (Å²) in [7, 11) is 0. The highest BCUT2D eigenvalue weighted by Gasteiger charge is 2.28. The molecule has 0 aliphatic carbocycles. The summed E-state index contributed by atoms with van der Waals surface area (Å²) in [6.07, 6.45) is 1.69. The Balaban J connectivity index is 2.07. The number of amides is 1. The van der Waals surface area contributed by atoms with Gasteiger partial charge in [0.25, 0.3) is 0 Å². The number of aliphatic hydroxyl groups excluding tert-OH is 1. The van der Waals surface area contributed by atoms with E-state index in [1.807, 2.05) is 30.5 Å². The molecular formula is C16H23N3O2. The number of hydrogen-bond donors (Lipinski definition) is 4. The van der Waals surface area contributed by atoms with Gasteiger partial charge in [0.15, 0.2) is 0 Å². The molecule has 0 saturated heterocycles. The van der Waals surface area contributed by atoms with Gasteiger partial charge in [-0.25, -0.2) is 0 Å². The highest BCUT2D eigenvalue weighted by atomic mass is 16.3. The largest absolute Gasteiger partial charge is 0.391 e. The van der Waals surface area contributed by atoms with Crippen LogP contribution in [-0.2, 0) is 11.2 Å². The van der Waals surface area contributed by atoms with Gasteiger partial charge in [-0.3, -0.25) is 4.79 Å². The van der Waals surface area contributed by atoms with Crippen molar-refractivity contribution in [1.82, 2.24) is 10.3 Å². The molecule has 1 heterocycles. The fraction of sp³-hybridized carbons (Fsp3) is 0.438. The lowest BCUT2D eigenvalue weighted by Gasteiger charge is -2.30. The van der Waals surface area contributed by atoms with E-state index >= 15 is 0 Å². The van der Waals surface area contributed by atoms with Gasteiger partial charge in [0.1, 0.15) is 0 Å². The molecule has 5 heteroatoms. The number of aromatic amines is 1. The van der Waals surface area contributed by atoms with E-state index in [9.17, 15) is 9.90 Å². The molecule has 1 amide bonds. The zero-order valence-corrected chi connectivity index (χ0v) is 12.7. The number of benzene rings is 1. The molecule has 114 valence electrons. The standard InChI is InChI=1S/C16H23N3O2/c1-10(20)16(2,3)19-15(21)13(17)8-11-9-18-14-7-5-4-6-12(11)14/h4-7,9-10,13,18,20H,8,17H2,1-3H3,(H,19,21)/t10?,13-/m0/s1. The van der Waals surface area contributed by atoms with Crippen LogP contribution >= 0.6 is 0 Å². The van der Waals surface area contributed by atoms with Gasteiger partial charge in [-0.05, 0) is 38.8 Å². The molecule has 2 aromatic rings. The van der Waals surface area contributed by atoms with E-state index in [2.05, 4.69) is 10.3 Å². The third-order valence-corrected chi connectivity index (χ3v) is 3.94. The zero-order chi connectivity index (χ0) is 15.6. The van der Waals surface area contributed by atoms with Gasteiger partial charge in [0.05, 0.1) is 17.7 Å². The molecule has 2 atom stereocenters. The number of carbonyl (C=O) groups is 1. The second-order valence-electron chi connectivity index (χ2n) is 6.06. The summed E-state index contributed by atoms with van der Waals surface area (Å²) < 4.78 is 0. The summed E-state index contributed by atoms with van der Waals surface area (Å²) in [5.41, 5.74) is 7.35. The van der Waals surface area contributed by atoms with Crippen LogP contribution in [0.2, 0.25) is 0 Å². The van der Waals surface area contributed by atoms with Crippen LogP contribution in [0.1, 0.15) is 26.3 Å². The SMILES string of the molecule is CC(O)C(C)(C)NC(=O)[C@@H](N)Cc1c[nH]c2ccccc12. The van der Waals surface area contributed by atoms with E-state index in [0.717, 1.165) is 16.5 Å². The maximum Gasteiger partial charge on any atom is 0.237 e. The number of nitrogens with one attached hydrogen (secondary N) is 2. The number of fused-ring (bicyclic) bond motifs is 1. The Kier molecular flexibility index (Phi) is 4.34. The number of carbonyl (C=O) groups excluding carboxylic acids is 1. The van der Waals surface area contributed by atoms with Crippen molar-refractivity contribution in [2.45, 2.75) is 44.9 Å². The van der Waals surface area contributed by atoms with Gasteiger partial charge in [0.2, 0.25) is 5.91 Å². The third-order valence-electron chi connectivity index (χ3n) is 3.94. The number of hydrogen-bond acceptors (Lipinski definition) is 3. The number of aliphatic hydroxyl groups is 1. The second kappa shape index (κ2) is 5.87. The molecule has 5 nitrogen and oxygen atoms in total. The molecule has 0 aliphatic heterocycles. The molecule has 2 rings (SSSR count). The maximum atomic E-state index is 12.2. The number of para-hydroxylation sites is 1. The van der Waals surface area contributed by atoms with Crippen LogP contribution in [0.4, 0.5) is 0 Å². The van der Waals surface area contributed by atoms with Crippen LogP contribution in [0.3, 0.4) is 0 Å². The molecule has 1 unspecified atom stereocenters. The van der Waals surface area contributed by atoms with Gasteiger partial charge in [-0.1, -0.05) is 18.2 Å². The van der Waals surface area contributed by atoms with E-state index in [1.54, 1.807) is 20.8 Å². The minimum Gasteiger partial charge on any atom is -0.391 e. The summed E-state index contributed by atoms with van der Waals surface area (Å²) in [6.45, 7) is 5.19. The fourth-order valence-corrected chi connectivity index (χ4v) is 2.14. The lowest BCUT2D eigenvalue weighted by molar-refractivity contribution is -0.125. The van der Waals surface area contributed by atoms with Crippen molar-refractivity contribution in [3.8, 4) is 0 Å². The number of aromatic nitrogens is 1.